The van der Waals surface area contributed by atoms with Gasteiger partial charge >= 0.3 is 6.02 Å². The Kier molecular flexibility index (Phi) is 5.16. The third-order valence-corrected chi connectivity index (χ3v) is 5.49. The Bertz CT molecular complexity index is 1500. The van der Waals surface area contributed by atoms with E-state index in [1.165, 1.54) is 6.21 Å². The molecule has 6 heteroatoms. The molecule has 1 heterocycles. The summed E-state index contributed by atoms with van der Waals surface area (Å²) in [6, 6.07) is 30.4. The molecule has 1 aromatic heterocycles. The number of fused-ring (bicyclic) bond motifs is 3. The van der Waals surface area contributed by atoms with Gasteiger partial charge in [0.15, 0.2) is 0 Å². The lowest BCUT2D eigenvalue weighted by Gasteiger charge is -2.13. The monoisotopic (exact) mass is 431 g/mol. The van der Waals surface area contributed by atoms with Gasteiger partial charge in [-0.1, -0.05) is 54.6 Å². The predicted molar refractivity (Wildman–Crippen MR) is 135 cm³/mol. The van der Waals surface area contributed by atoms with E-state index in [0.29, 0.717) is 11.1 Å². The van der Waals surface area contributed by atoms with Gasteiger partial charge < -0.3 is 15.5 Å². The van der Waals surface area contributed by atoms with Gasteiger partial charge in [-0.3, -0.25) is 15.4 Å². The Morgan fingerprint density at radius 1 is 0.758 bits per heavy atom. The van der Waals surface area contributed by atoms with Crippen LogP contribution >= 0.6 is 0 Å². The van der Waals surface area contributed by atoms with E-state index in [2.05, 4.69) is 5.32 Å². The number of hydrogen-bond acceptors (Lipinski definition) is 5. The summed E-state index contributed by atoms with van der Waals surface area (Å²) in [6.07, 6.45) is 1.29. The number of benzene rings is 4. The van der Waals surface area contributed by atoms with Crippen molar-refractivity contribution >= 4 is 51.3 Å². The van der Waals surface area contributed by atoms with Crippen molar-refractivity contribution in [2.45, 2.75) is 0 Å². The summed E-state index contributed by atoms with van der Waals surface area (Å²) in [5.74, 6) is -0.0961. The molecule has 0 saturated heterocycles. The molecular weight excluding hydrogens is 410 g/mol. The average Bonchev–Trinajstić information content (AvgIpc) is 3.18. The summed E-state index contributed by atoms with van der Waals surface area (Å²) in [6.45, 7) is 0. The van der Waals surface area contributed by atoms with Crippen molar-refractivity contribution in [3.05, 3.63) is 108 Å². The maximum atomic E-state index is 8.68. The zero-order valence-electron chi connectivity index (χ0n) is 17.7. The Labute approximate surface area is 190 Å². The minimum absolute atomic E-state index is 0.0961. The molecular formula is C27H21N5O. The number of hydrogen-bond donors (Lipinski definition) is 4. The molecule has 6 nitrogen and oxygen atoms in total. The summed E-state index contributed by atoms with van der Waals surface area (Å²) in [5, 5.41) is 30.2. The summed E-state index contributed by atoms with van der Waals surface area (Å²) in [7, 11) is 0. The average molecular weight is 431 g/mol. The second-order valence-electron chi connectivity index (χ2n) is 7.55. The number of nitrogens with one attached hydrogen (secondary N) is 4. The van der Waals surface area contributed by atoms with Crippen molar-refractivity contribution in [3.63, 3.8) is 0 Å². The van der Waals surface area contributed by atoms with Gasteiger partial charge in [0, 0.05) is 39.5 Å². The minimum atomic E-state index is -0.172. The van der Waals surface area contributed by atoms with Crippen molar-refractivity contribution in [2.75, 3.05) is 5.32 Å². The van der Waals surface area contributed by atoms with Crippen LogP contribution in [0, 0.1) is 16.2 Å². The lowest BCUT2D eigenvalue weighted by molar-refractivity contribution is 0.514. The van der Waals surface area contributed by atoms with E-state index in [4.69, 9.17) is 21.0 Å². The van der Waals surface area contributed by atoms with Crippen molar-refractivity contribution in [3.8, 4) is 0 Å². The van der Waals surface area contributed by atoms with E-state index < -0.39 is 0 Å². The molecule has 160 valence electrons. The molecule has 0 unspecified atom stereocenters. The normalized spacial score (nSPS) is 10.8. The molecule has 5 aromatic rings. The van der Waals surface area contributed by atoms with E-state index in [1.54, 1.807) is 16.7 Å². The Balaban J connectivity index is 1.63. The van der Waals surface area contributed by atoms with E-state index in [-0.39, 0.29) is 11.9 Å². The molecule has 0 aliphatic heterocycles. The number of aromatic nitrogens is 1. The molecule has 0 bridgehead atoms. The van der Waals surface area contributed by atoms with E-state index in [0.717, 1.165) is 33.2 Å². The fourth-order valence-electron chi connectivity index (χ4n) is 3.95. The maximum Gasteiger partial charge on any atom is 0.300 e. The third kappa shape index (κ3) is 3.74. The van der Waals surface area contributed by atoms with Gasteiger partial charge in [-0.2, -0.15) is 0 Å². The highest BCUT2D eigenvalue weighted by Gasteiger charge is 2.18. The smallest absolute Gasteiger partial charge is 0.300 e. The van der Waals surface area contributed by atoms with Crippen LogP contribution in [0.3, 0.4) is 0 Å². The molecule has 0 fully saturated rings. The van der Waals surface area contributed by atoms with Crippen LogP contribution in [0.5, 0.6) is 0 Å². The first kappa shape index (κ1) is 20.2. The van der Waals surface area contributed by atoms with Gasteiger partial charge in [0.05, 0.1) is 11.0 Å². The lowest BCUT2D eigenvalue weighted by atomic mass is 10.1. The van der Waals surface area contributed by atoms with Crippen molar-refractivity contribution in [2.24, 2.45) is 0 Å². The van der Waals surface area contributed by atoms with Gasteiger partial charge in [0.1, 0.15) is 0 Å². The first-order valence-corrected chi connectivity index (χ1v) is 10.5. The SMILES string of the molecule is N=Cc1cc2c(cc1Nc1ccccc1)c1ccccc1n2C(=N)OC(=N)c1ccccc1. The van der Waals surface area contributed by atoms with Gasteiger partial charge in [0.2, 0.25) is 5.90 Å². The Hall–Kier alpha value is -4.71. The molecule has 0 saturated carbocycles. The summed E-state index contributed by atoms with van der Waals surface area (Å²) in [5.41, 5.74) is 4.54. The maximum absolute atomic E-state index is 8.68. The molecule has 0 amide bonds. The van der Waals surface area contributed by atoms with Crippen LogP contribution in [0.2, 0.25) is 0 Å². The van der Waals surface area contributed by atoms with Crippen molar-refractivity contribution in [1.82, 2.24) is 4.57 Å². The molecule has 4 aromatic carbocycles. The number of nitrogens with zero attached hydrogens (tertiary/aromatic N) is 1. The second kappa shape index (κ2) is 8.43. The molecule has 0 aliphatic carbocycles. The van der Waals surface area contributed by atoms with Crippen LogP contribution < -0.4 is 5.32 Å². The highest BCUT2D eigenvalue weighted by molar-refractivity contribution is 6.16. The first-order chi connectivity index (χ1) is 16.2. The topological polar surface area (TPSA) is 97.7 Å². The van der Waals surface area contributed by atoms with Crippen LogP contribution in [0.1, 0.15) is 11.1 Å². The van der Waals surface area contributed by atoms with E-state index in [1.807, 2.05) is 84.9 Å². The largest absolute Gasteiger partial charge is 0.407 e. The minimum Gasteiger partial charge on any atom is -0.407 e. The third-order valence-electron chi connectivity index (χ3n) is 5.49. The molecule has 33 heavy (non-hydrogen) atoms. The Morgan fingerprint density at radius 2 is 1.42 bits per heavy atom. The summed E-state index contributed by atoms with van der Waals surface area (Å²) in [4.78, 5) is 0. The summed E-state index contributed by atoms with van der Waals surface area (Å²) >= 11 is 0. The molecule has 0 radical (unpaired) electrons. The molecule has 4 N–H and O–H groups in total. The highest BCUT2D eigenvalue weighted by Crippen LogP contribution is 2.34. The number of rotatable bonds is 4. The van der Waals surface area contributed by atoms with Crippen LogP contribution in [-0.2, 0) is 4.74 Å². The molecule has 0 spiro atoms. The lowest BCUT2D eigenvalue weighted by Crippen LogP contribution is -2.19. The van der Waals surface area contributed by atoms with Crippen LogP contribution in [-0.4, -0.2) is 22.7 Å². The van der Waals surface area contributed by atoms with Gasteiger partial charge in [0.25, 0.3) is 0 Å². The fourth-order valence-corrected chi connectivity index (χ4v) is 3.95. The Morgan fingerprint density at radius 3 is 2.15 bits per heavy atom. The standard InChI is InChI=1S/C27H21N5O/c28-17-19-15-25-22(16-23(19)31-20-11-5-2-6-12-20)21-13-7-8-14-24(21)32(25)27(30)33-26(29)18-9-3-1-4-10-18/h1-17,28-31H. The molecule has 5 rings (SSSR count). The predicted octanol–water partition coefficient (Wildman–Crippen LogP) is 6.36. The highest BCUT2D eigenvalue weighted by atomic mass is 16.5. The molecule has 0 aliphatic rings. The van der Waals surface area contributed by atoms with Crippen LogP contribution in [0.4, 0.5) is 11.4 Å². The van der Waals surface area contributed by atoms with E-state index in [9.17, 15) is 0 Å². The fraction of sp³-hybridized carbons (Fsp3) is 0. The van der Waals surface area contributed by atoms with Crippen LogP contribution in [0.25, 0.3) is 21.8 Å². The quantitative estimate of drug-likeness (QED) is 0.197. The zero-order valence-corrected chi connectivity index (χ0v) is 17.7. The number of para-hydroxylation sites is 2. The van der Waals surface area contributed by atoms with Gasteiger partial charge in [-0.05, 0) is 42.5 Å². The first-order valence-electron chi connectivity index (χ1n) is 10.5. The van der Waals surface area contributed by atoms with Gasteiger partial charge in [-0.25, -0.2) is 0 Å². The van der Waals surface area contributed by atoms with Gasteiger partial charge in [-0.15, -0.1) is 0 Å². The zero-order chi connectivity index (χ0) is 22.8. The van der Waals surface area contributed by atoms with Crippen molar-refractivity contribution in [1.29, 1.82) is 16.2 Å². The van der Waals surface area contributed by atoms with Crippen LogP contribution in [0.15, 0.2) is 97.1 Å². The van der Waals surface area contributed by atoms with E-state index >= 15 is 0 Å². The van der Waals surface area contributed by atoms with Crippen molar-refractivity contribution < 1.29 is 4.74 Å². The number of ether oxygens (including phenoxy) is 1. The number of anilines is 2. The summed E-state index contributed by atoms with van der Waals surface area (Å²) < 4.78 is 7.34. The second-order valence-corrected chi connectivity index (χ2v) is 7.55. The molecule has 0 atom stereocenters.